The number of carboxylic acid groups (broad SMARTS) is 1. The lowest BCUT2D eigenvalue weighted by molar-refractivity contribution is -0.142. The van der Waals surface area contributed by atoms with Crippen LogP contribution < -0.4 is 0 Å². The van der Waals surface area contributed by atoms with Gasteiger partial charge < -0.3 is 19.6 Å². The Labute approximate surface area is 231 Å². The first-order valence-corrected chi connectivity index (χ1v) is 12.8. The number of benzene rings is 1. The first kappa shape index (κ1) is 27.7. The number of aliphatic hydroxyl groups excluding tert-OH is 1. The molecule has 5 rings (SSSR count). The Morgan fingerprint density at radius 2 is 1.95 bits per heavy atom. The van der Waals surface area contributed by atoms with Gasteiger partial charge in [-0.3, -0.25) is 4.79 Å². The van der Waals surface area contributed by atoms with Crippen LogP contribution in [0.1, 0.15) is 36.6 Å². The summed E-state index contributed by atoms with van der Waals surface area (Å²) in [5.74, 6) is -1.21. The summed E-state index contributed by atoms with van der Waals surface area (Å²) in [7, 11) is 0. The molecule has 0 saturated carbocycles. The molecule has 0 unspecified atom stereocenters. The second-order valence-corrected chi connectivity index (χ2v) is 9.95. The van der Waals surface area contributed by atoms with Crippen LogP contribution in [0.4, 0.5) is 13.2 Å². The van der Waals surface area contributed by atoms with Crippen molar-refractivity contribution in [3.8, 4) is 28.7 Å². The first-order valence-electron chi connectivity index (χ1n) is 12.4. The van der Waals surface area contributed by atoms with Crippen LogP contribution >= 0.6 is 11.6 Å². The van der Waals surface area contributed by atoms with E-state index in [2.05, 4.69) is 25.1 Å². The molecule has 4 heterocycles. The second-order valence-electron chi connectivity index (χ2n) is 9.56. The van der Waals surface area contributed by atoms with Gasteiger partial charge in [0.15, 0.2) is 11.5 Å². The van der Waals surface area contributed by atoms with Gasteiger partial charge in [0.25, 0.3) is 5.89 Å². The molecule has 2 atom stereocenters. The number of hydrogen-bond acceptors (Lipinski definition) is 8. The van der Waals surface area contributed by atoms with E-state index in [1.54, 1.807) is 24.3 Å². The molecule has 0 aliphatic carbocycles. The molecule has 10 nitrogen and oxygen atoms in total. The fourth-order valence-corrected chi connectivity index (χ4v) is 5.01. The fourth-order valence-electron chi connectivity index (χ4n) is 4.85. The molecule has 1 aliphatic heterocycles. The highest BCUT2D eigenvalue weighted by Crippen LogP contribution is 2.38. The van der Waals surface area contributed by atoms with Gasteiger partial charge >= 0.3 is 12.1 Å². The minimum Gasteiger partial charge on any atom is -0.481 e. The van der Waals surface area contributed by atoms with Gasteiger partial charge in [-0.1, -0.05) is 47.1 Å². The SMILES string of the molecule is O=C(O)C[C@H]1CCCN(C[C@H](O)c2ccc(-c3noc(-c4cnn(-c5cccc(Cl)n5)c4C(F)(F)F)n3)cc2)C1. The highest BCUT2D eigenvalue weighted by molar-refractivity contribution is 6.29. The summed E-state index contributed by atoms with van der Waals surface area (Å²) in [6, 6.07) is 10.9. The van der Waals surface area contributed by atoms with Crippen molar-refractivity contribution in [1.29, 1.82) is 0 Å². The molecule has 4 aromatic rings. The fraction of sp³-hybridized carbons (Fsp3) is 0.346. The Morgan fingerprint density at radius 1 is 1.18 bits per heavy atom. The second kappa shape index (κ2) is 11.4. The maximum Gasteiger partial charge on any atom is 0.434 e. The van der Waals surface area contributed by atoms with Crippen molar-refractivity contribution in [3.05, 3.63) is 65.1 Å². The van der Waals surface area contributed by atoms with Crippen LogP contribution in [-0.4, -0.2) is 65.6 Å². The Kier molecular flexibility index (Phi) is 7.88. The van der Waals surface area contributed by atoms with Crippen molar-refractivity contribution >= 4 is 17.6 Å². The number of carbonyl (C=O) groups is 1. The van der Waals surface area contributed by atoms with Crippen LogP contribution in [0.15, 0.2) is 53.2 Å². The summed E-state index contributed by atoms with van der Waals surface area (Å²) >= 11 is 5.85. The van der Waals surface area contributed by atoms with Crippen LogP contribution in [0.25, 0.3) is 28.7 Å². The molecule has 2 N–H and O–H groups in total. The lowest BCUT2D eigenvalue weighted by Gasteiger charge is -2.33. The third-order valence-corrected chi connectivity index (χ3v) is 6.87. The number of aromatic nitrogens is 5. The highest BCUT2D eigenvalue weighted by atomic mass is 35.5. The summed E-state index contributed by atoms with van der Waals surface area (Å²) in [6.07, 6.45) is -2.82. The number of halogens is 4. The molecular formula is C26H24ClF3N6O4. The first-order chi connectivity index (χ1) is 19.1. The maximum absolute atomic E-state index is 14.0. The van der Waals surface area contributed by atoms with Gasteiger partial charge in [0, 0.05) is 25.1 Å². The molecule has 1 fully saturated rings. The van der Waals surface area contributed by atoms with Crippen molar-refractivity contribution in [1.82, 2.24) is 29.8 Å². The Morgan fingerprint density at radius 3 is 2.65 bits per heavy atom. The summed E-state index contributed by atoms with van der Waals surface area (Å²) < 4.78 is 47.9. The quantitative estimate of drug-likeness (QED) is 0.282. The molecule has 0 amide bonds. The van der Waals surface area contributed by atoms with Crippen LogP contribution in [0.3, 0.4) is 0 Å². The zero-order valence-electron chi connectivity index (χ0n) is 20.9. The summed E-state index contributed by atoms with van der Waals surface area (Å²) in [6.45, 7) is 1.74. The molecule has 3 aromatic heterocycles. The number of likely N-dealkylation sites (tertiary alicyclic amines) is 1. The van der Waals surface area contributed by atoms with E-state index in [9.17, 15) is 23.1 Å². The summed E-state index contributed by atoms with van der Waals surface area (Å²) in [4.78, 5) is 21.1. The van der Waals surface area contributed by atoms with Gasteiger partial charge in [-0.15, -0.1) is 0 Å². The third kappa shape index (κ3) is 6.16. The van der Waals surface area contributed by atoms with Crippen molar-refractivity contribution < 1.29 is 32.7 Å². The van der Waals surface area contributed by atoms with E-state index in [0.29, 0.717) is 28.9 Å². The lowest BCUT2D eigenvalue weighted by Crippen LogP contribution is -2.38. The molecular weight excluding hydrogens is 553 g/mol. The minimum absolute atomic E-state index is 0.00891. The number of aliphatic carboxylic acids is 1. The normalized spacial score (nSPS) is 17.2. The maximum atomic E-state index is 14.0. The Hall–Kier alpha value is -3.81. The van der Waals surface area contributed by atoms with Crippen LogP contribution in [-0.2, 0) is 11.0 Å². The standard InChI is InChI=1S/C26H24ClF3N6O4/c27-20-4-1-5-21(32-20)36-23(26(28,29)30)18(12-31-36)25-33-24(34-40-25)17-8-6-16(7-9-17)19(37)14-35-10-2-3-15(13-35)11-22(38)39/h1,4-9,12,15,19,37H,2-3,10-11,13-14H2,(H,38,39)/t15-,19+/m1/s1. The molecule has 1 aromatic carbocycles. The average Bonchev–Trinajstić information content (AvgIpc) is 3.56. The monoisotopic (exact) mass is 576 g/mol. The highest BCUT2D eigenvalue weighted by Gasteiger charge is 2.41. The number of aliphatic hydroxyl groups is 1. The molecule has 14 heteroatoms. The Bertz CT molecular complexity index is 1490. The van der Waals surface area contributed by atoms with E-state index < -0.39 is 29.5 Å². The van der Waals surface area contributed by atoms with E-state index in [1.165, 1.54) is 18.2 Å². The third-order valence-electron chi connectivity index (χ3n) is 6.66. The van der Waals surface area contributed by atoms with Crippen LogP contribution in [0, 0.1) is 5.92 Å². The predicted octanol–water partition coefficient (Wildman–Crippen LogP) is 4.88. The molecule has 0 bridgehead atoms. The molecule has 1 saturated heterocycles. The smallest absolute Gasteiger partial charge is 0.434 e. The van der Waals surface area contributed by atoms with E-state index >= 15 is 0 Å². The number of hydrogen-bond donors (Lipinski definition) is 2. The summed E-state index contributed by atoms with van der Waals surface area (Å²) in [5.41, 5.74) is -0.451. The topological polar surface area (TPSA) is 130 Å². The molecule has 210 valence electrons. The van der Waals surface area contributed by atoms with E-state index in [0.717, 1.165) is 25.6 Å². The number of carboxylic acids is 1. The van der Waals surface area contributed by atoms with Crippen molar-refractivity contribution in [3.63, 3.8) is 0 Å². The number of rotatable bonds is 8. The zero-order chi connectivity index (χ0) is 28.4. The molecule has 0 radical (unpaired) electrons. The van der Waals surface area contributed by atoms with Gasteiger partial charge in [-0.05, 0) is 43.0 Å². The van der Waals surface area contributed by atoms with Gasteiger partial charge in [0.1, 0.15) is 5.15 Å². The van der Waals surface area contributed by atoms with Crippen LogP contribution in [0.2, 0.25) is 5.15 Å². The van der Waals surface area contributed by atoms with Gasteiger partial charge in [-0.25, -0.2) is 9.67 Å². The average molecular weight is 577 g/mol. The molecule has 1 aliphatic rings. The minimum atomic E-state index is -4.82. The largest absolute Gasteiger partial charge is 0.481 e. The zero-order valence-corrected chi connectivity index (χ0v) is 21.7. The van der Waals surface area contributed by atoms with Crippen molar-refractivity contribution in [2.24, 2.45) is 5.92 Å². The van der Waals surface area contributed by atoms with Crippen LogP contribution in [0.5, 0.6) is 0 Å². The number of β-amino-alcohol motifs (C(OH)–C–C–N with tert-alkyl or cyclic N) is 1. The van der Waals surface area contributed by atoms with Crippen molar-refractivity contribution in [2.45, 2.75) is 31.5 Å². The molecule has 0 spiro atoms. The predicted molar refractivity (Wildman–Crippen MR) is 136 cm³/mol. The molecule has 40 heavy (non-hydrogen) atoms. The lowest BCUT2D eigenvalue weighted by atomic mass is 9.94. The van der Waals surface area contributed by atoms with Gasteiger partial charge in [-0.2, -0.15) is 23.3 Å². The van der Waals surface area contributed by atoms with Crippen molar-refractivity contribution in [2.75, 3.05) is 19.6 Å². The number of piperidine rings is 1. The summed E-state index contributed by atoms with van der Waals surface area (Å²) in [5, 5.41) is 27.5. The number of alkyl halides is 3. The van der Waals surface area contributed by atoms with E-state index in [4.69, 9.17) is 21.2 Å². The van der Waals surface area contributed by atoms with Gasteiger partial charge in [0.05, 0.1) is 17.9 Å². The van der Waals surface area contributed by atoms with E-state index in [1.807, 2.05) is 0 Å². The van der Waals surface area contributed by atoms with E-state index in [-0.39, 0.29) is 35.0 Å². The number of pyridine rings is 1. The number of nitrogens with zero attached hydrogens (tertiary/aromatic N) is 6. The Balaban J connectivity index is 1.32. The van der Waals surface area contributed by atoms with Gasteiger partial charge in [0.2, 0.25) is 5.82 Å².